The summed E-state index contributed by atoms with van der Waals surface area (Å²) >= 11 is 1.81. The second-order valence-electron chi connectivity index (χ2n) is 13.2. The molecule has 266 valence electrons. The summed E-state index contributed by atoms with van der Waals surface area (Å²) in [7, 11) is 0. The highest BCUT2D eigenvalue weighted by molar-refractivity contribution is 7.17. The lowest BCUT2D eigenvalue weighted by Gasteiger charge is -2.36. The van der Waals surface area contributed by atoms with Crippen LogP contribution in [0.4, 0.5) is 5.69 Å². The standard InChI is InChI=1S/C43H55N3O3S/c1-2-3-4-5-6-7-8-9-10-11-12-13-14-15-16-22-42(47)46-40-35-37(25-23-36(40)24-26-43(46)48)49-33-18-17-28-44-29-31-45(32-30-44)39-20-19-21-41-38(39)27-34-50-41/h3-4,6-7,9-10,19-21,23-27,34-35H,2,5,8,11-18,22,28-33H2,1H3/b4-3-,7-6-,10-9-. The third-order valence-electron chi connectivity index (χ3n) is 9.48. The van der Waals surface area contributed by atoms with E-state index >= 15 is 0 Å². The molecule has 1 saturated heterocycles. The molecule has 2 aromatic heterocycles. The van der Waals surface area contributed by atoms with E-state index in [0.717, 1.165) is 102 Å². The van der Waals surface area contributed by atoms with Crippen LogP contribution in [0, 0.1) is 0 Å². The summed E-state index contributed by atoms with van der Waals surface area (Å²) in [4.78, 5) is 31.1. The SMILES string of the molecule is CC/C=C\C/C=C\C/C=C\CCCCCCCC(=O)n1c(=O)ccc2ccc(OCCCCN3CCN(c4cccc5sccc45)CC3)cc21. The van der Waals surface area contributed by atoms with Gasteiger partial charge in [0.2, 0.25) is 5.91 Å². The van der Waals surface area contributed by atoms with Crippen molar-refractivity contribution in [1.82, 2.24) is 9.47 Å². The molecular formula is C43H55N3O3S. The van der Waals surface area contributed by atoms with Gasteiger partial charge in [-0.3, -0.25) is 14.5 Å². The van der Waals surface area contributed by atoms with Crippen molar-refractivity contribution in [2.45, 2.75) is 84.0 Å². The number of piperazine rings is 1. The van der Waals surface area contributed by atoms with Crippen molar-refractivity contribution in [3.63, 3.8) is 0 Å². The molecule has 50 heavy (non-hydrogen) atoms. The molecule has 0 spiro atoms. The molecule has 0 atom stereocenters. The van der Waals surface area contributed by atoms with Crippen LogP contribution in [0.3, 0.4) is 0 Å². The number of carbonyl (C=O) groups is 1. The van der Waals surface area contributed by atoms with Crippen molar-refractivity contribution in [2.24, 2.45) is 0 Å². The van der Waals surface area contributed by atoms with Crippen molar-refractivity contribution in [3.05, 3.63) is 107 Å². The number of rotatable bonds is 20. The number of aromatic nitrogens is 1. The molecule has 5 rings (SSSR count). The van der Waals surface area contributed by atoms with Crippen LogP contribution in [-0.2, 0) is 0 Å². The van der Waals surface area contributed by atoms with Crippen molar-refractivity contribution in [1.29, 1.82) is 0 Å². The van der Waals surface area contributed by atoms with Crippen LogP contribution < -0.4 is 15.2 Å². The molecule has 3 heterocycles. The van der Waals surface area contributed by atoms with Crippen molar-refractivity contribution < 1.29 is 9.53 Å². The van der Waals surface area contributed by atoms with Crippen LogP contribution in [0.25, 0.3) is 21.0 Å². The molecule has 4 aromatic rings. The van der Waals surface area contributed by atoms with Crippen LogP contribution in [-0.4, -0.2) is 54.7 Å². The highest BCUT2D eigenvalue weighted by Crippen LogP contribution is 2.31. The first-order valence-electron chi connectivity index (χ1n) is 18.8. The van der Waals surface area contributed by atoms with E-state index in [4.69, 9.17) is 4.74 Å². The van der Waals surface area contributed by atoms with Crippen molar-refractivity contribution in [2.75, 3.05) is 44.2 Å². The highest BCUT2D eigenvalue weighted by Gasteiger charge is 2.18. The van der Waals surface area contributed by atoms with Crippen LogP contribution in [0.5, 0.6) is 5.75 Å². The van der Waals surface area contributed by atoms with Crippen LogP contribution in [0.1, 0.15) is 88.8 Å². The third kappa shape index (κ3) is 11.3. The number of benzene rings is 2. The first-order chi connectivity index (χ1) is 24.6. The van der Waals surface area contributed by atoms with Crippen molar-refractivity contribution in [3.8, 4) is 5.75 Å². The third-order valence-corrected chi connectivity index (χ3v) is 10.4. The number of hydrogen-bond donors (Lipinski definition) is 0. The molecule has 0 saturated carbocycles. The monoisotopic (exact) mass is 693 g/mol. The molecule has 0 N–H and O–H groups in total. The molecule has 1 fully saturated rings. The normalized spacial score (nSPS) is 14.3. The predicted octanol–water partition coefficient (Wildman–Crippen LogP) is 10.4. The molecule has 0 unspecified atom stereocenters. The number of fused-ring (bicyclic) bond motifs is 2. The van der Waals surface area contributed by atoms with Gasteiger partial charge in [-0.1, -0.05) is 68.7 Å². The lowest BCUT2D eigenvalue weighted by atomic mass is 10.1. The summed E-state index contributed by atoms with van der Waals surface area (Å²) in [5, 5.41) is 4.42. The summed E-state index contributed by atoms with van der Waals surface area (Å²) < 4.78 is 8.82. The van der Waals surface area contributed by atoms with E-state index in [0.29, 0.717) is 24.3 Å². The molecule has 2 aromatic carbocycles. The summed E-state index contributed by atoms with van der Waals surface area (Å²) in [6.07, 6.45) is 25.2. The molecule has 1 aliphatic heterocycles. The Balaban J connectivity index is 0.977. The van der Waals surface area contributed by atoms with E-state index in [2.05, 4.69) is 82.8 Å². The smallest absolute Gasteiger partial charge is 0.257 e. The summed E-state index contributed by atoms with van der Waals surface area (Å²) in [6, 6.07) is 17.9. The topological polar surface area (TPSA) is 54.8 Å². The van der Waals surface area contributed by atoms with Gasteiger partial charge >= 0.3 is 0 Å². The molecule has 7 heteroatoms. The minimum Gasteiger partial charge on any atom is -0.494 e. The van der Waals surface area contributed by atoms with Crippen LogP contribution in [0.2, 0.25) is 0 Å². The van der Waals surface area contributed by atoms with Gasteiger partial charge in [0.25, 0.3) is 5.56 Å². The fourth-order valence-corrected chi connectivity index (χ4v) is 7.47. The summed E-state index contributed by atoms with van der Waals surface area (Å²) in [6.45, 7) is 8.09. The highest BCUT2D eigenvalue weighted by atomic mass is 32.1. The van der Waals surface area contributed by atoms with Gasteiger partial charge < -0.3 is 9.64 Å². The summed E-state index contributed by atoms with van der Waals surface area (Å²) in [5.41, 5.74) is 1.72. The van der Waals surface area contributed by atoms with Gasteiger partial charge in [-0.05, 0) is 105 Å². The number of allylic oxidation sites excluding steroid dienone is 6. The van der Waals surface area contributed by atoms with Gasteiger partial charge in [0, 0.05) is 60.5 Å². The lowest BCUT2D eigenvalue weighted by molar-refractivity contribution is 0.0900. The average molecular weight is 694 g/mol. The number of thiophene rings is 1. The molecule has 6 nitrogen and oxygen atoms in total. The molecule has 0 bridgehead atoms. The largest absolute Gasteiger partial charge is 0.494 e. The lowest BCUT2D eigenvalue weighted by Crippen LogP contribution is -2.46. The Morgan fingerprint density at radius 1 is 0.800 bits per heavy atom. The molecule has 0 amide bonds. The first-order valence-corrected chi connectivity index (χ1v) is 19.7. The van der Waals surface area contributed by atoms with E-state index in [9.17, 15) is 9.59 Å². The molecule has 1 aliphatic rings. The van der Waals surface area contributed by atoms with Gasteiger partial charge in [-0.2, -0.15) is 0 Å². The van der Waals surface area contributed by atoms with Gasteiger partial charge in [0.05, 0.1) is 12.1 Å². The Labute approximate surface area is 302 Å². The maximum Gasteiger partial charge on any atom is 0.257 e. The predicted molar refractivity (Wildman–Crippen MR) is 213 cm³/mol. The minimum atomic E-state index is -0.272. The Bertz CT molecular complexity index is 1780. The van der Waals surface area contributed by atoms with Crippen molar-refractivity contribution >= 4 is 43.9 Å². The minimum absolute atomic E-state index is 0.133. The number of anilines is 1. The van der Waals surface area contributed by atoms with E-state index < -0.39 is 0 Å². The number of nitrogens with zero attached hydrogens (tertiary/aromatic N) is 3. The molecule has 0 radical (unpaired) electrons. The van der Waals surface area contributed by atoms with E-state index in [1.54, 1.807) is 6.07 Å². The zero-order valence-electron chi connectivity index (χ0n) is 29.9. The van der Waals surface area contributed by atoms with Gasteiger partial charge in [-0.25, -0.2) is 4.57 Å². The number of unbranched alkanes of at least 4 members (excludes halogenated alkanes) is 6. The number of carbonyl (C=O) groups excluding carboxylic acids is 1. The fourth-order valence-electron chi connectivity index (χ4n) is 6.66. The van der Waals surface area contributed by atoms with Crippen LogP contribution in [0.15, 0.2) is 101 Å². The Morgan fingerprint density at radius 3 is 2.40 bits per heavy atom. The second-order valence-corrected chi connectivity index (χ2v) is 14.2. The quantitative estimate of drug-likeness (QED) is 0.0681. The Morgan fingerprint density at radius 2 is 1.56 bits per heavy atom. The Hall–Kier alpha value is -3.94. The second kappa shape index (κ2) is 20.7. The van der Waals surface area contributed by atoms with Crippen LogP contribution >= 0.6 is 11.3 Å². The fraction of sp³-hybridized carbons (Fsp3) is 0.442. The molecular weight excluding hydrogens is 639 g/mol. The maximum atomic E-state index is 13.2. The zero-order valence-corrected chi connectivity index (χ0v) is 30.8. The average Bonchev–Trinajstić information content (AvgIpc) is 3.63. The first kappa shape index (κ1) is 37.3. The van der Waals surface area contributed by atoms with Gasteiger partial charge in [0.1, 0.15) is 5.75 Å². The van der Waals surface area contributed by atoms with Gasteiger partial charge in [0.15, 0.2) is 0 Å². The van der Waals surface area contributed by atoms with Gasteiger partial charge in [-0.15, -0.1) is 11.3 Å². The van der Waals surface area contributed by atoms with E-state index in [1.807, 2.05) is 29.5 Å². The Kier molecular flexibility index (Phi) is 15.4. The zero-order chi connectivity index (χ0) is 34.8. The summed E-state index contributed by atoms with van der Waals surface area (Å²) in [5.74, 6) is 0.570. The number of hydrogen-bond acceptors (Lipinski definition) is 6. The number of pyridine rings is 1. The molecule has 0 aliphatic carbocycles. The van der Waals surface area contributed by atoms with E-state index in [-0.39, 0.29) is 11.5 Å². The maximum absolute atomic E-state index is 13.2. The number of ether oxygens (including phenoxy) is 1. The van der Waals surface area contributed by atoms with E-state index in [1.165, 1.54) is 32.8 Å².